The molecule has 2 saturated heterocycles. The number of carbonyl (C=O) groups is 1. The standard InChI is InChI=1S/C41H66O12/c1-21-28(44)30(46)32(48)34(51-21)53-35(49)41-16-14-36(2,3)18-23(41)22-8-9-26-37(4)12-11-27(52-33-31(47)29(45)24(43)19-50-33)38(5,20-42)25(37)10-13-40(26,7)39(22,6)15-17-41/h8,21,23-34,42-48H,9-20H2,1-7H3/t21-,23-,24-,25+,26+,27-,28-,29-,30+,31+,32+,33-,34-,37-,38-,39+,40+,41-/m0/s1. The van der Waals surface area contributed by atoms with Crippen molar-refractivity contribution in [2.45, 2.75) is 174 Å². The second-order valence-electron chi connectivity index (χ2n) is 20.0. The summed E-state index contributed by atoms with van der Waals surface area (Å²) in [7, 11) is 0. The van der Waals surface area contributed by atoms with Crippen LogP contribution in [0.4, 0.5) is 0 Å². The van der Waals surface area contributed by atoms with E-state index in [9.17, 15) is 40.5 Å². The molecule has 53 heavy (non-hydrogen) atoms. The predicted molar refractivity (Wildman–Crippen MR) is 192 cm³/mol. The van der Waals surface area contributed by atoms with E-state index in [1.807, 2.05) is 0 Å². The second kappa shape index (κ2) is 13.5. The summed E-state index contributed by atoms with van der Waals surface area (Å²) in [6.45, 7) is 15.3. The summed E-state index contributed by atoms with van der Waals surface area (Å²) in [6.07, 6.45) is -1.52. The van der Waals surface area contributed by atoms with Gasteiger partial charge in [0.2, 0.25) is 6.29 Å². The van der Waals surface area contributed by atoms with Gasteiger partial charge in [0, 0.05) is 5.41 Å². The van der Waals surface area contributed by atoms with Gasteiger partial charge >= 0.3 is 5.97 Å². The maximum absolute atomic E-state index is 14.5. The van der Waals surface area contributed by atoms with Gasteiger partial charge in [-0.25, -0.2) is 0 Å². The molecule has 7 aliphatic rings. The van der Waals surface area contributed by atoms with Crippen LogP contribution in [0.2, 0.25) is 0 Å². The molecule has 0 amide bonds. The van der Waals surface area contributed by atoms with Crippen LogP contribution in [0.1, 0.15) is 113 Å². The highest BCUT2D eigenvalue weighted by atomic mass is 16.7. The van der Waals surface area contributed by atoms with Gasteiger partial charge in [-0.15, -0.1) is 0 Å². The Balaban J connectivity index is 1.18. The van der Waals surface area contributed by atoms with Crippen molar-refractivity contribution in [2.75, 3.05) is 13.2 Å². The van der Waals surface area contributed by atoms with E-state index in [1.54, 1.807) is 6.92 Å². The van der Waals surface area contributed by atoms with Crippen LogP contribution in [-0.2, 0) is 23.7 Å². The number of aliphatic hydroxyl groups is 7. The minimum atomic E-state index is -1.55. The summed E-state index contributed by atoms with van der Waals surface area (Å²) in [5.41, 5.74) is -0.488. The van der Waals surface area contributed by atoms with Crippen LogP contribution in [-0.4, -0.2) is 116 Å². The van der Waals surface area contributed by atoms with Crippen molar-refractivity contribution in [3.05, 3.63) is 11.6 Å². The first-order valence-electron chi connectivity index (χ1n) is 20.2. The van der Waals surface area contributed by atoms with Crippen molar-refractivity contribution in [1.29, 1.82) is 0 Å². The second-order valence-corrected chi connectivity index (χ2v) is 20.0. The Morgan fingerprint density at radius 3 is 2.19 bits per heavy atom. The molecule has 6 fully saturated rings. The maximum Gasteiger partial charge on any atom is 0.315 e. The van der Waals surface area contributed by atoms with Gasteiger partial charge in [-0.05, 0) is 111 Å². The van der Waals surface area contributed by atoms with Crippen LogP contribution in [0.5, 0.6) is 0 Å². The highest BCUT2D eigenvalue weighted by molar-refractivity contribution is 5.79. The van der Waals surface area contributed by atoms with Crippen molar-refractivity contribution in [3.63, 3.8) is 0 Å². The summed E-state index contributed by atoms with van der Waals surface area (Å²) < 4.78 is 23.8. The molecule has 0 unspecified atom stereocenters. The third-order valence-corrected chi connectivity index (χ3v) is 16.9. The fourth-order valence-electron chi connectivity index (χ4n) is 13.2. The highest BCUT2D eigenvalue weighted by Crippen LogP contribution is 2.76. The van der Waals surface area contributed by atoms with Gasteiger partial charge in [-0.1, -0.05) is 53.2 Å². The molecule has 12 nitrogen and oxygen atoms in total. The smallest absolute Gasteiger partial charge is 0.315 e. The van der Waals surface area contributed by atoms with Gasteiger partial charge in [-0.3, -0.25) is 4.79 Å². The average molecular weight is 751 g/mol. The summed E-state index contributed by atoms with van der Waals surface area (Å²) in [5.74, 6) is -0.0258. The van der Waals surface area contributed by atoms with Gasteiger partial charge < -0.3 is 54.7 Å². The SMILES string of the molecule is C[C@@H]1O[C@@H](OC(=O)[C@]23CCC(C)(C)C[C@H]2C2=CC[C@@H]4[C@@]5(C)CC[C@H](O[C@@H]6OC[C@H](O)[C@H](O)[C@H]6O)[C@@](C)(CO)[C@@H]5CC[C@@]4(C)[C@]2(C)CC3)[C@H](O)[C@H](O)[C@H]1O. The molecule has 2 heterocycles. The van der Waals surface area contributed by atoms with Crippen molar-refractivity contribution >= 4 is 5.97 Å². The maximum atomic E-state index is 14.5. The van der Waals surface area contributed by atoms with Crippen molar-refractivity contribution in [2.24, 2.45) is 50.2 Å². The lowest BCUT2D eigenvalue weighted by molar-refractivity contribution is -0.312. The number of hydrogen-bond acceptors (Lipinski definition) is 12. The lowest BCUT2D eigenvalue weighted by Crippen LogP contribution is -2.67. The van der Waals surface area contributed by atoms with Crippen LogP contribution >= 0.6 is 0 Å². The molecule has 0 aromatic rings. The normalized spacial score (nSPS) is 55.1. The van der Waals surface area contributed by atoms with E-state index < -0.39 is 78.2 Å². The molecular weight excluding hydrogens is 684 g/mol. The van der Waals surface area contributed by atoms with Gasteiger partial charge in [0.1, 0.15) is 36.6 Å². The Labute approximate surface area is 314 Å². The summed E-state index contributed by atoms with van der Waals surface area (Å²) in [6, 6.07) is 0. The van der Waals surface area contributed by atoms with Crippen LogP contribution in [0, 0.1) is 50.2 Å². The first-order chi connectivity index (χ1) is 24.7. The van der Waals surface area contributed by atoms with E-state index >= 15 is 0 Å². The van der Waals surface area contributed by atoms with E-state index in [4.69, 9.17) is 18.9 Å². The molecule has 0 spiro atoms. The first kappa shape index (κ1) is 40.0. The minimum Gasteiger partial charge on any atom is -0.432 e. The molecule has 0 aromatic heterocycles. The zero-order valence-electron chi connectivity index (χ0n) is 32.7. The van der Waals surface area contributed by atoms with Gasteiger partial charge in [0.05, 0.1) is 30.8 Å². The minimum absolute atomic E-state index is 0.00960. The molecule has 18 atom stereocenters. The van der Waals surface area contributed by atoms with E-state index in [-0.39, 0.29) is 46.7 Å². The van der Waals surface area contributed by atoms with Crippen LogP contribution in [0.3, 0.4) is 0 Å². The first-order valence-corrected chi connectivity index (χ1v) is 20.2. The number of hydrogen-bond donors (Lipinski definition) is 7. The Hall–Kier alpha value is -1.19. The Bertz CT molecular complexity index is 1440. The van der Waals surface area contributed by atoms with Crippen molar-refractivity contribution < 1.29 is 59.5 Å². The molecule has 7 rings (SSSR count). The molecule has 0 bridgehead atoms. The highest BCUT2D eigenvalue weighted by Gasteiger charge is 2.70. The Kier molecular flexibility index (Phi) is 10.2. The molecule has 2 aliphatic heterocycles. The lowest BCUT2D eigenvalue weighted by atomic mass is 9.33. The zero-order chi connectivity index (χ0) is 38.7. The van der Waals surface area contributed by atoms with Crippen molar-refractivity contribution in [3.8, 4) is 0 Å². The van der Waals surface area contributed by atoms with Gasteiger partial charge in [-0.2, -0.15) is 0 Å². The van der Waals surface area contributed by atoms with Gasteiger partial charge in [0.15, 0.2) is 6.29 Å². The fraction of sp³-hybridized carbons (Fsp3) is 0.927. The van der Waals surface area contributed by atoms with Gasteiger partial charge in [0.25, 0.3) is 0 Å². The van der Waals surface area contributed by atoms with Crippen LogP contribution in [0.25, 0.3) is 0 Å². The molecule has 4 saturated carbocycles. The van der Waals surface area contributed by atoms with E-state index in [0.29, 0.717) is 25.2 Å². The topological polar surface area (TPSA) is 196 Å². The molecule has 0 radical (unpaired) electrons. The number of carbonyl (C=O) groups excluding carboxylic acids is 1. The molecule has 5 aliphatic carbocycles. The van der Waals surface area contributed by atoms with E-state index in [1.165, 1.54) is 5.57 Å². The van der Waals surface area contributed by atoms with Crippen molar-refractivity contribution in [1.82, 2.24) is 0 Å². The molecular formula is C41H66O12. The summed E-state index contributed by atoms with van der Waals surface area (Å²) in [4.78, 5) is 14.5. The monoisotopic (exact) mass is 750 g/mol. The molecule has 0 aromatic carbocycles. The molecule has 12 heteroatoms. The quantitative estimate of drug-likeness (QED) is 0.124. The molecule has 302 valence electrons. The number of allylic oxidation sites excluding steroid dienone is 2. The van der Waals surface area contributed by atoms with Crippen LogP contribution in [0.15, 0.2) is 11.6 Å². The number of fused-ring (bicyclic) bond motifs is 7. The average Bonchev–Trinajstić information content (AvgIpc) is 3.10. The number of ether oxygens (including phenoxy) is 4. The fourth-order valence-corrected chi connectivity index (χ4v) is 13.2. The molecule has 7 N–H and O–H groups in total. The number of rotatable bonds is 5. The third kappa shape index (κ3) is 5.85. The summed E-state index contributed by atoms with van der Waals surface area (Å²) >= 11 is 0. The van der Waals surface area contributed by atoms with E-state index in [0.717, 1.165) is 44.9 Å². The predicted octanol–water partition coefficient (Wildman–Crippen LogP) is 2.96. The van der Waals surface area contributed by atoms with E-state index in [2.05, 4.69) is 47.6 Å². The number of aliphatic hydroxyl groups excluding tert-OH is 7. The Morgan fingerprint density at radius 2 is 1.49 bits per heavy atom. The lowest BCUT2D eigenvalue weighted by Gasteiger charge is -2.71. The largest absolute Gasteiger partial charge is 0.432 e. The Morgan fingerprint density at radius 1 is 0.811 bits per heavy atom. The number of esters is 1. The zero-order valence-corrected chi connectivity index (χ0v) is 32.7. The summed E-state index contributed by atoms with van der Waals surface area (Å²) in [5, 5.41) is 73.6. The third-order valence-electron chi connectivity index (χ3n) is 16.9. The van der Waals surface area contributed by atoms with Crippen LogP contribution < -0.4 is 0 Å².